The molecule has 1 atom stereocenters. The molecule has 0 amide bonds. The molecule has 3 N–H and O–H groups in total. The van der Waals surface area contributed by atoms with Crippen molar-refractivity contribution in [1.29, 1.82) is 0 Å². The minimum atomic E-state index is -3.47. The van der Waals surface area contributed by atoms with Crippen molar-refractivity contribution in [3.63, 3.8) is 0 Å². The van der Waals surface area contributed by atoms with Gasteiger partial charge in [-0.3, -0.25) is 0 Å². The zero-order valence-electron chi connectivity index (χ0n) is 8.14. The molecule has 0 bridgehead atoms. The predicted octanol–water partition coefficient (Wildman–Crippen LogP) is 0.221. The van der Waals surface area contributed by atoms with Crippen molar-refractivity contribution >= 4 is 9.84 Å². The van der Waals surface area contributed by atoms with Gasteiger partial charge in [-0.15, -0.1) is 0 Å². The van der Waals surface area contributed by atoms with Crippen LogP contribution in [0.15, 0.2) is 23.1 Å². The van der Waals surface area contributed by atoms with Gasteiger partial charge in [-0.05, 0) is 23.8 Å². The molecule has 1 unspecified atom stereocenters. The van der Waals surface area contributed by atoms with Crippen LogP contribution in [0.3, 0.4) is 0 Å². The van der Waals surface area contributed by atoms with Crippen molar-refractivity contribution in [3.05, 3.63) is 29.6 Å². The third-order valence-electron chi connectivity index (χ3n) is 1.95. The average molecular weight is 233 g/mol. The Morgan fingerprint density at radius 2 is 2.07 bits per heavy atom. The molecule has 0 radical (unpaired) electrons. The highest BCUT2D eigenvalue weighted by Gasteiger charge is 2.13. The van der Waals surface area contributed by atoms with Gasteiger partial charge in [0.2, 0.25) is 0 Å². The summed E-state index contributed by atoms with van der Waals surface area (Å²) in [6, 6.07) is 2.51. The first-order chi connectivity index (χ1) is 6.84. The van der Waals surface area contributed by atoms with Crippen LogP contribution >= 0.6 is 0 Å². The molecule has 0 spiro atoms. The first-order valence-corrected chi connectivity index (χ1v) is 6.10. The highest BCUT2D eigenvalue weighted by molar-refractivity contribution is 7.90. The van der Waals surface area contributed by atoms with Crippen molar-refractivity contribution in [2.45, 2.75) is 10.9 Å². The van der Waals surface area contributed by atoms with Crippen molar-refractivity contribution in [3.8, 4) is 0 Å². The summed E-state index contributed by atoms with van der Waals surface area (Å²) in [7, 11) is -3.47. The minimum absolute atomic E-state index is 0.138. The molecule has 0 fully saturated rings. The van der Waals surface area contributed by atoms with Crippen molar-refractivity contribution < 1.29 is 17.9 Å². The van der Waals surface area contributed by atoms with Gasteiger partial charge in [0.1, 0.15) is 5.82 Å². The molecule has 1 aromatic rings. The molecule has 4 nitrogen and oxygen atoms in total. The average Bonchev–Trinajstić information content (AvgIpc) is 2.14. The van der Waals surface area contributed by atoms with E-state index in [-0.39, 0.29) is 17.1 Å². The van der Waals surface area contributed by atoms with E-state index in [2.05, 4.69) is 0 Å². The summed E-state index contributed by atoms with van der Waals surface area (Å²) in [6.07, 6.45) is 0.982. The molecule has 1 aromatic carbocycles. The summed E-state index contributed by atoms with van der Waals surface area (Å²) in [5.74, 6) is -0.683. The fourth-order valence-electron chi connectivity index (χ4n) is 1.12. The number of benzene rings is 1. The Labute approximate surface area is 87.5 Å². The number of rotatable bonds is 3. The van der Waals surface area contributed by atoms with Crippen LogP contribution in [0.2, 0.25) is 0 Å². The highest BCUT2D eigenvalue weighted by Crippen LogP contribution is 2.18. The van der Waals surface area contributed by atoms with Crippen LogP contribution in [0.5, 0.6) is 0 Å². The highest BCUT2D eigenvalue weighted by atomic mass is 32.2. The standard InChI is InChI=1S/C9H12FNO3S/c1-15(13,14)8-3-6(9(11)5-12)2-7(10)4-8/h2-4,9,12H,5,11H2,1H3. The van der Waals surface area contributed by atoms with Gasteiger partial charge in [0.25, 0.3) is 0 Å². The molecule has 15 heavy (non-hydrogen) atoms. The van der Waals surface area contributed by atoms with Crippen LogP contribution in [0.25, 0.3) is 0 Å². The van der Waals surface area contributed by atoms with E-state index in [0.29, 0.717) is 0 Å². The molecule has 0 saturated carbocycles. The number of aliphatic hydroxyl groups is 1. The van der Waals surface area contributed by atoms with E-state index < -0.39 is 21.7 Å². The molecule has 0 aliphatic rings. The molecule has 0 saturated heterocycles. The summed E-state index contributed by atoms with van der Waals surface area (Å²) in [4.78, 5) is -0.138. The van der Waals surface area contributed by atoms with Gasteiger partial charge in [0, 0.05) is 6.26 Å². The third kappa shape index (κ3) is 2.98. The normalized spacial score (nSPS) is 13.9. The topological polar surface area (TPSA) is 80.4 Å². The maximum absolute atomic E-state index is 13.1. The Kier molecular flexibility index (Phi) is 3.43. The van der Waals surface area contributed by atoms with Crippen LogP contribution in [0, 0.1) is 5.82 Å². The maximum Gasteiger partial charge on any atom is 0.175 e. The van der Waals surface area contributed by atoms with E-state index in [1.54, 1.807) is 0 Å². The molecule has 84 valence electrons. The number of hydrogen-bond acceptors (Lipinski definition) is 4. The van der Waals surface area contributed by atoms with Crippen LogP contribution in [0.4, 0.5) is 4.39 Å². The van der Waals surface area contributed by atoms with E-state index in [0.717, 1.165) is 18.4 Å². The smallest absolute Gasteiger partial charge is 0.175 e. The molecule has 6 heteroatoms. The Balaban J connectivity index is 3.29. The molecular formula is C9H12FNO3S. The molecule has 0 aromatic heterocycles. The Morgan fingerprint density at radius 1 is 1.47 bits per heavy atom. The van der Waals surface area contributed by atoms with Crippen molar-refractivity contribution in [2.75, 3.05) is 12.9 Å². The number of aliphatic hydroxyl groups excluding tert-OH is 1. The number of nitrogens with two attached hydrogens (primary N) is 1. The first-order valence-electron chi connectivity index (χ1n) is 4.21. The van der Waals surface area contributed by atoms with E-state index in [9.17, 15) is 12.8 Å². The van der Waals surface area contributed by atoms with Crippen LogP contribution < -0.4 is 5.73 Å². The Hall–Kier alpha value is -0.980. The monoisotopic (exact) mass is 233 g/mol. The lowest BCUT2D eigenvalue weighted by atomic mass is 10.1. The predicted molar refractivity (Wildman–Crippen MR) is 53.5 cm³/mol. The molecular weight excluding hydrogens is 221 g/mol. The summed E-state index contributed by atoms with van der Waals surface area (Å²) in [6.45, 7) is -0.368. The Bertz CT molecular complexity index is 458. The first kappa shape index (κ1) is 12.1. The fourth-order valence-corrected chi connectivity index (χ4v) is 1.79. The Morgan fingerprint density at radius 3 is 2.53 bits per heavy atom. The van der Waals surface area contributed by atoms with E-state index in [1.807, 2.05) is 0 Å². The van der Waals surface area contributed by atoms with Crippen LogP contribution in [-0.4, -0.2) is 26.4 Å². The van der Waals surface area contributed by atoms with Gasteiger partial charge in [0.05, 0.1) is 17.5 Å². The van der Waals surface area contributed by atoms with E-state index in [1.165, 1.54) is 6.07 Å². The summed E-state index contributed by atoms with van der Waals surface area (Å²) < 4.78 is 35.4. The van der Waals surface area contributed by atoms with Gasteiger partial charge in [-0.1, -0.05) is 0 Å². The van der Waals surface area contributed by atoms with Crippen molar-refractivity contribution in [2.24, 2.45) is 5.73 Å². The lowest BCUT2D eigenvalue weighted by molar-refractivity contribution is 0.267. The second-order valence-corrected chi connectivity index (χ2v) is 5.30. The minimum Gasteiger partial charge on any atom is -0.394 e. The van der Waals surface area contributed by atoms with Gasteiger partial charge >= 0.3 is 0 Å². The van der Waals surface area contributed by atoms with E-state index in [4.69, 9.17) is 10.8 Å². The lowest BCUT2D eigenvalue weighted by Gasteiger charge is -2.10. The number of halogens is 1. The van der Waals surface area contributed by atoms with Gasteiger partial charge < -0.3 is 10.8 Å². The van der Waals surface area contributed by atoms with Crippen LogP contribution in [-0.2, 0) is 9.84 Å². The SMILES string of the molecule is CS(=O)(=O)c1cc(F)cc(C(N)CO)c1. The lowest BCUT2D eigenvalue weighted by Crippen LogP contribution is -2.15. The van der Waals surface area contributed by atoms with E-state index >= 15 is 0 Å². The molecule has 0 aliphatic heterocycles. The largest absolute Gasteiger partial charge is 0.394 e. The van der Waals surface area contributed by atoms with Gasteiger partial charge in [0.15, 0.2) is 9.84 Å². The summed E-state index contributed by atoms with van der Waals surface area (Å²) >= 11 is 0. The number of sulfone groups is 1. The zero-order valence-corrected chi connectivity index (χ0v) is 8.96. The van der Waals surface area contributed by atoms with Gasteiger partial charge in [-0.2, -0.15) is 0 Å². The zero-order chi connectivity index (χ0) is 11.6. The molecule has 0 aliphatic carbocycles. The summed E-state index contributed by atoms with van der Waals surface area (Å²) in [5.41, 5.74) is 5.73. The second kappa shape index (κ2) is 4.26. The molecule has 1 rings (SSSR count). The number of hydrogen-bond donors (Lipinski definition) is 2. The fraction of sp³-hybridized carbons (Fsp3) is 0.333. The third-order valence-corrected chi connectivity index (χ3v) is 3.04. The van der Waals surface area contributed by atoms with Crippen LogP contribution in [0.1, 0.15) is 11.6 Å². The van der Waals surface area contributed by atoms with Crippen molar-refractivity contribution in [1.82, 2.24) is 0 Å². The maximum atomic E-state index is 13.1. The second-order valence-electron chi connectivity index (χ2n) is 3.28. The molecule has 0 heterocycles. The quantitative estimate of drug-likeness (QED) is 0.782. The van der Waals surface area contributed by atoms with Gasteiger partial charge in [-0.25, -0.2) is 12.8 Å². The summed E-state index contributed by atoms with van der Waals surface area (Å²) in [5, 5.41) is 8.78.